The summed E-state index contributed by atoms with van der Waals surface area (Å²) in [5.74, 6) is 0.790. The number of aromatic nitrogens is 4. The number of hydrogen-bond donors (Lipinski definition) is 1. The molecule has 0 aromatic carbocycles. The van der Waals surface area contributed by atoms with Gasteiger partial charge in [-0.05, 0) is 43.9 Å². The third-order valence-corrected chi connectivity index (χ3v) is 6.17. The number of nitrogens with zero attached hydrogens (tertiary/aromatic N) is 4. The van der Waals surface area contributed by atoms with Gasteiger partial charge in [0.15, 0.2) is 5.82 Å². The van der Waals surface area contributed by atoms with Gasteiger partial charge in [-0.2, -0.15) is 0 Å². The van der Waals surface area contributed by atoms with Crippen molar-refractivity contribution in [3.8, 4) is 11.5 Å². The van der Waals surface area contributed by atoms with Crippen LogP contribution in [0.4, 0.5) is 0 Å². The van der Waals surface area contributed by atoms with E-state index >= 15 is 0 Å². The second-order valence-corrected chi connectivity index (χ2v) is 9.00. The van der Waals surface area contributed by atoms with Gasteiger partial charge in [-0.3, -0.25) is 9.78 Å². The first-order valence-electron chi connectivity index (χ1n) is 10.4. The van der Waals surface area contributed by atoms with Gasteiger partial charge in [0.2, 0.25) is 5.91 Å². The highest BCUT2D eigenvalue weighted by Crippen LogP contribution is 2.40. The molecular formula is C22H29N5O2. The van der Waals surface area contributed by atoms with Crippen LogP contribution in [-0.2, 0) is 16.0 Å². The van der Waals surface area contributed by atoms with Gasteiger partial charge in [0.25, 0.3) is 0 Å². The first kappa shape index (κ1) is 19.9. The van der Waals surface area contributed by atoms with Crippen molar-refractivity contribution in [3.63, 3.8) is 0 Å². The number of amides is 1. The van der Waals surface area contributed by atoms with Gasteiger partial charge >= 0.3 is 0 Å². The summed E-state index contributed by atoms with van der Waals surface area (Å²) < 4.78 is 5.43. The fourth-order valence-corrected chi connectivity index (χ4v) is 4.56. The fraction of sp³-hybridized carbons (Fsp3) is 0.591. The second-order valence-electron chi connectivity index (χ2n) is 9.00. The maximum atomic E-state index is 13.0. The van der Waals surface area contributed by atoms with Crippen LogP contribution in [0.25, 0.3) is 11.5 Å². The molecule has 1 N–H and O–H groups in total. The SMILES string of the molecule is COC1CCC(C(=O)NC2CC(C)(C)Cc3nc(-c4cnccn4)ncc32)CC1. The number of nitrogens with one attached hydrogen (secondary N) is 1. The second kappa shape index (κ2) is 8.14. The molecule has 0 bridgehead atoms. The summed E-state index contributed by atoms with van der Waals surface area (Å²) in [5, 5.41) is 3.30. The molecule has 1 saturated carbocycles. The quantitative estimate of drug-likeness (QED) is 0.854. The third-order valence-electron chi connectivity index (χ3n) is 6.17. The Labute approximate surface area is 171 Å². The van der Waals surface area contributed by atoms with Crippen LogP contribution in [0.5, 0.6) is 0 Å². The molecule has 0 saturated heterocycles. The number of methoxy groups -OCH3 is 1. The van der Waals surface area contributed by atoms with Crippen LogP contribution in [0.1, 0.15) is 63.3 Å². The van der Waals surface area contributed by atoms with Gasteiger partial charge in [0.05, 0.1) is 24.0 Å². The molecular weight excluding hydrogens is 366 g/mol. The highest BCUT2D eigenvalue weighted by Gasteiger charge is 2.36. The lowest BCUT2D eigenvalue weighted by molar-refractivity contribution is -0.127. The summed E-state index contributed by atoms with van der Waals surface area (Å²) in [6.45, 7) is 4.45. The predicted octanol–water partition coefficient (Wildman–Crippen LogP) is 3.27. The van der Waals surface area contributed by atoms with Crippen LogP contribution in [-0.4, -0.2) is 39.1 Å². The van der Waals surface area contributed by atoms with Gasteiger partial charge in [0, 0.05) is 37.2 Å². The molecule has 29 heavy (non-hydrogen) atoms. The van der Waals surface area contributed by atoms with E-state index in [2.05, 4.69) is 34.1 Å². The maximum absolute atomic E-state index is 13.0. The standard InChI is InChI=1S/C22H29N5O2/c1-22(2)10-17-16(12-25-20(26-17)19-13-23-8-9-24-19)18(11-22)27-21(28)14-4-6-15(29-3)7-5-14/h8-9,12-15,18H,4-7,10-11H2,1-3H3,(H,27,28). The first-order valence-corrected chi connectivity index (χ1v) is 10.4. The molecule has 1 atom stereocenters. The summed E-state index contributed by atoms with van der Waals surface area (Å²) in [7, 11) is 1.75. The summed E-state index contributed by atoms with van der Waals surface area (Å²) >= 11 is 0. The smallest absolute Gasteiger partial charge is 0.223 e. The van der Waals surface area contributed by atoms with Crippen molar-refractivity contribution in [3.05, 3.63) is 36.0 Å². The molecule has 7 heteroatoms. The molecule has 1 fully saturated rings. The monoisotopic (exact) mass is 395 g/mol. The highest BCUT2D eigenvalue weighted by atomic mass is 16.5. The fourth-order valence-electron chi connectivity index (χ4n) is 4.56. The average molecular weight is 396 g/mol. The number of hydrogen-bond acceptors (Lipinski definition) is 6. The van der Waals surface area contributed by atoms with Crippen molar-refractivity contribution in [1.82, 2.24) is 25.3 Å². The molecule has 2 aromatic heterocycles. The number of fused-ring (bicyclic) bond motifs is 1. The zero-order valence-corrected chi connectivity index (χ0v) is 17.4. The van der Waals surface area contributed by atoms with Crippen molar-refractivity contribution >= 4 is 5.91 Å². The molecule has 0 aliphatic heterocycles. The Morgan fingerprint density at radius 3 is 2.62 bits per heavy atom. The lowest BCUT2D eigenvalue weighted by Crippen LogP contribution is -2.41. The molecule has 1 amide bonds. The Hall–Kier alpha value is -2.41. The number of rotatable bonds is 4. The van der Waals surface area contributed by atoms with E-state index < -0.39 is 0 Å². The minimum absolute atomic E-state index is 0.0483. The van der Waals surface area contributed by atoms with Crippen LogP contribution < -0.4 is 5.32 Å². The van der Waals surface area contributed by atoms with E-state index in [9.17, 15) is 4.79 Å². The molecule has 2 aliphatic carbocycles. The number of ether oxygens (including phenoxy) is 1. The molecule has 2 aliphatic rings. The molecule has 2 aromatic rings. The van der Waals surface area contributed by atoms with Crippen molar-refractivity contribution < 1.29 is 9.53 Å². The molecule has 1 unspecified atom stereocenters. The maximum Gasteiger partial charge on any atom is 0.223 e. The first-order chi connectivity index (χ1) is 13.9. The molecule has 154 valence electrons. The molecule has 0 spiro atoms. The normalized spacial score (nSPS) is 25.8. The Balaban J connectivity index is 1.54. The van der Waals surface area contributed by atoms with E-state index in [-0.39, 0.29) is 23.3 Å². The molecule has 2 heterocycles. The number of carbonyl (C=O) groups is 1. The topological polar surface area (TPSA) is 89.9 Å². The zero-order chi connectivity index (χ0) is 20.4. The molecule has 7 nitrogen and oxygen atoms in total. The molecule has 4 rings (SSSR count). The Kier molecular flexibility index (Phi) is 5.58. The van der Waals surface area contributed by atoms with E-state index in [4.69, 9.17) is 9.72 Å². The van der Waals surface area contributed by atoms with Crippen molar-refractivity contribution in [2.75, 3.05) is 7.11 Å². The van der Waals surface area contributed by atoms with Gasteiger partial charge in [0.1, 0.15) is 5.69 Å². The average Bonchev–Trinajstić information content (AvgIpc) is 2.73. The zero-order valence-electron chi connectivity index (χ0n) is 17.4. The molecule has 0 radical (unpaired) electrons. The Morgan fingerprint density at radius 1 is 1.14 bits per heavy atom. The van der Waals surface area contributed by atoms with Gasteiger partial charge in [-0.1, -0.05) is 13.8 Å². The van der Waals surface area contributed by atoms with Crippen LogP contribution >= 0.6 is 0 Å². The van der Waals surface area contributed by atoms with Crippen LogP contribution in [0, 0.1) is 11.3 Å². The van der Waals surface area contributed by atoms with Crippen LogP contribution in [0.15, 0.2) is 24.8 Å². The van der Waals surface area contributed by atoms with Crippen molar-refractivity contribution in [2.45, 2.75) is 64.5 Å². The van der Waals surface area contributed by atoms with Gasteiger partial charge in [-0.15, -0.1) is 0 Å². The third kappa shape index (κ3) is 4.45. The van der Waals surface area contributed by atoms with Crippen molar-refractivity contribution in [2.24, 2.45) is 11.3 Å². The Morgan fingerprint density at radius 2 is 1.93 bits per heavy atom. The van der Waals surface area contributed by atoms with Crippen molar-refractivity contribution in [1.29, 1.82) is 0 Å². The highest BCUT2D eigenvalue weighted by molar-refractivity contribution is 5.79. The summed E-state index contributed by atoms with van der Waals surface area (Å²) in [4.78, 5) is 30.7. The van der Waals surface area contributed by atoms with Crippen LogP contribution in [0.2, 0.25) is 0 Å². The largest absolute Gasteiger partial charge is 0.381 e. The lowest BCUT2D eigenvalue weighted by Gasteiger charge is -2.37. The van der Waals surface area contributed by atoms with E-state index in [1.54, 1.807) is 25.7 Å². The van der Waals surface area contributed by atoms with Crippen LogP contribution in [0.3, 0.4) is 0 Å². The van der Waals surface area contributed by atoms with E-state index in [1.807, 2.05) is 6.20 Å². The van der Waals surface area contributed by atoms with E-state index in [0.29, 0.717) is 17.6 Å². The number of carbonyl (C=O) groups excluding carboxylic acids is 1. The van der Waals surface area contributed by atoms with E-state index in [0.717, 1.165) is 49.8 Å². The summed E-state index contributed by atoms with van der Waals surface area (Å²) in [5.41, 5.74) is 2.72. The van der Waals surface area contributed by atoms with Gasteiger partial charge < -0.3 is 10.1 Å². The van der Waals surface area contributed by atoms with Gasteiger partial charge in [-0.25, -0.2) is 15.0 Å². The minimum atomic E-state index is -0.0580. The summed E-state index contributed by atoms with van der Waals surface area (Å²) in [6.07, 6.45) is 12.5. The minimum Gasteiger partial charge on any atom is -0.381 e. The lowest BCUT2D eigenvalue weighted by atomic mass is 9.74. The summed E-state index contributed by atoms with van der Waals surface area (Å²) in [6, 6.07) is -0.0580. The predicted molar refractivity (Wildman–Crippen MR) is 109 cm³/mol. The van der Waals surface area contributed by atoms with E-state index in [1.165, 1.54) is 0 Å². The Bertz CT molecular complexity index is 863.